The molecule has 0 fully saturated rings. The number of aryl methyl sites for hydroxylation is 1. The normalized spacial score (nSPS) is 12.2. The zero-order valence-electron chi connectivity index (χ0n) is 11.6. The monoisotopic (exact) mass is 248 g/mol. The molecule has 1 unspecified atom stereocenters. The van der Waals surface area contributed by atoms with Gasteiger partial charge < -0.3 is 10.6 Å². The summed E-state index contributed by atoms with van der Waals surface area (Å²) in [6.45, 7) is 7.53. The summed E-state index contributed by atoms with van der Waals surface area (Å²) in [5.41, 5.74) is 2.41. The van der Waals surface area contributed by atoms with E-state index in [2.05, 4.69) is 55.7 Å². The van der Waals surface area contributed by atoms with E-state index < -0.39 is 0 Å². The number of rotatable bonds is 7. The maximum absolute atomic E-state index is 11.8. The van der Waals surface area contributed by atoms with Crippen LogP contribution in [0.4, 0.5) is 0 Å². The molecular weight excluding hydrogens is 224 g/mol. The molecule has 18 heavy (non-hydrogen) atoms. The largest absolute Gasteiger partial charge is 0.348 e. The van der Waals surface area contributed by atoms with Crippen molar-refractivity contribution in [1.82, 2.24) is 10.6 Å². The minimum absolute atomic E-state index is 0.0656. The van der Waals surface area contributed by atoms with E-state index in [0.717, 1.165) is 19.4 Å². The lowest BCUT2D eigenvalue weighted by atomic mass is 10.0. The first-order chi connectivity index (χ1) is 8.67. The number of hydrogen-bond donors (Lipinski definition) is 2. The fourth-order valence-corrected chi connectivity index (χ4v) is 1.84. The molecule has 100 valence electrons. The number of carbonyl (C=O) groups is 1. The van der Waals surface area contributed by atoms with Gasteiger partial charge in [0, 0.05) is 0 Å². The summed E-state index contributed by atoms with van der Waals surface area (Å²) in [4.78, 5) is 11.8. The summed E-state index contributed by atoms with van der Waals surface area (Å²) in [7, 11) is 0. The van der Waals surface area contributed by atoms with Crippen molar-refractivity contribution < 1.29 is 4.79 Å². The van der Waals surface area contributed by atoms with Crippen LogP contribution in [0.5, 0.6) is 0 Å². The molecule has 1 rings (SSSR count). The van der Waals surface area contributed by atoms with Gasteiger partial charge in [-0.15, -0.1) is 0 Å². The predicted octanol–water partition coefficient (Wildman–Crippen LogP) is 2.56. The predicted molar refractivity (Wildman–Crippen MR) is 75.5 cm³/mol. The van der Waals surface area contributed by atoms with E-state index in [1.54, 1.807) is 0 Å². The van der Waals surface area contributed by atoms with Gasteiger partial charge in [-0.05, 0) is 31.9 Å². The van der Waals surface area contributed by atoms with Crippen LogP contribution in [-0.2, 0) is 4.79 Å². The molecule has 0 bridgehead atoms. The summed E-state index contributed by atoms with van der Waals surface area (Å²) < 4.78 is 0. The SMILES string of the molecule is CCCNCC(=O)NC(CC)c1ccc(C)cc1. The molecular formula is C15H24N2O. The van der Waals surface area contributed by atoms with Crippen LogP contribution in [0.3, 0.4) is 0 Å². The molecule has 1 aromatic rings. The van der Waals surface area contributed by atoms with Crippen molar-refractivity contribution in [3.8, 4) is 0 Å². The van der Waals surface area contributed by atoms with Crippen LogP contribution >= 0.6 is 0 Å². The third-order valence-corrected chi connectivity index (χ3v) is 2.94. The van der Waals surface area contributed by atoms with E-state index in [1.807, 2.05) is 0 Å². The summed E-state index contributed by atoms with van der Waals surface area (Å²) in [5, 5.41) is 6.17. The van der Waals surface area contributed by atoms with Crippen molar-refractivity contribution in [1.29, 1.82) is 0 Å². The molecule has 0 aliphatic rings. The highest BCUT2D eigenvalue weighted by Crippen LogP contribution is 2.16. The molecule has 3 heteroatoms. The Morgan fingerprint density at radius 3 is 2.44 bits per heavy atom. The Bertz CT molecular complexity index is 359. The number of benzene rings is 1. The lowest BCUT2D eigenvalue weighted by molar-refractivity contribution is -0.121. The fraction of sp³-hybridized carbons (Fsp3) is 0.533. The molecule has 0 aromatic heterocycles. The van der Waals surface area contributed by atoms with Gasteiger partial charge in [0.05, 0.1) is 12.6 Å². The van der Waals surface area contributed by atoms with Crippen molar-refractivity contribution in [2.24, 2.45) is 0 Å². The molecule has 0 saturated carbocycles. The first kappa shape index (κ1) is 14.7. The molecule has 1 atom stereocenters. The molecule has 0 saturated heterocycles. The number of nitrogens with one attached hydrogen (secondary N) is 2. The first-order valence-electron chi connectivity index (χ1n) is 6.74. The van der Waals surface area contributed by atoms with Gasteiger partial charge >= 0.3 is 0 Å². The highest BCUT2D eigenvalue weighted by molar-refractivity contribution is 5.78. The third-order valence-electron chi connectivity index (χ3n) is 2.94. The van der Waals surface area contributed by atoms with Crippen molar-refractivity contribution in [2.75, 3.05) is 13.1 Å². The zero-order valence-corrected chi connectivity index (χ0v) is 11.6. The molecule has 0 radical (unpaired) electrons. The second-order valence-electron chi connectivity index (χ2n) is 4.62. The molecule has 0 spiro atoms. The van der Waals surface area contributed by atoms with Gasteiger partial charge in [0.15, 0.2) is 0 Å². The first-order valence-corrected chi connectivity index (χ1v) is 6.74. The molecule has 0 aliphatic carbocycles. The van der Waals surface area contributed by atoms with E-state index in [-0.39, 0.29) is 11.9 Å². The van der Waals surface area contributed by atoms with Gasteiger partial charge in [-0.2, -0.15) is 0 Å². The second-order valence-corrected chi connectivity index (χ2v) is 4.62. The number of amides is 1. The Hall–Kier alpha value is -1.35. The molecule has 3 nitrogen and oxygen atoms in total. The van der Waals surface area contributed by atoms with Gasteiger partial charge in [-0.3, -0.25) is 4.79 Å². The second kappa shape index (κ2) is 7.88. The minimum atomic E-state index is 0.0656. The van der Waals surface area contributed by atoms with E-state index in [9.17, 15) is 4.79 Å². The van der Waals surface area contributed by atoms with E-state index in [0.29, 0.717) is 6.54 Å². The van der Waals surface area contributed by atoms with Gasteiger partial charge in [0.1, 0.15) is 0 Å². The standard InChI is InChI=1S/C15H24N2O/c1-4-10-16-11-15(18)17-14(5-2)13-8-6-12(3)7-9-13/h6-9,14,16H,4-5,10-11H2,1-3H3,(H,17,18). The summed E-state index contributed by atoms with van der Waals surface area (Å²) in [6, 6.07) is 8.45. The third kappa shape index (κ3) is 4.88. The van der Waals surface area contributed by atoms with E-state index >= 15 is 0 Å². The maximum Gasteiger partial charge on any atom is 0.234 e. The Morgan fingerprint density at radius 2 is 1.89 bits per heavy atom. The van der Waals surface area contributed by atoms with Gasteiger partial charge in [-0.25, -0.2) is 0 Å². The molecule has 0 heterocycles. The number of hydrogen-bond acceptors (Lipinski definition) is 2. The Morgan fingerprint density at radius 1 is 1.22 bits per heavy atom. The summed E-state index contributed by atoms with van der Waals surface area (Å²) in [5.74, 6) is 0.0656. The molecule has 1 amide bonds. The lowest BCUT2D eigenvalue weighted by Crippen LogP contribution is -2.36. The Kier molecular flexibility index (Phi) is 6.44. The fourth-order valence-electron chi connectivity index (χ4n) is 1.84. The van der Waals surface area contributed by atoms with Crippen LogP contribution < -0.4 is 10.6 Å². The van der Waals surface area contributed by atoms with Gasteiger partial charge in [-0.1, -0.05) is 43.7 Å². The van der Waals surface area contributed by atoms with Gasteiger partial charge in [0.2, 0.25) is 5.91 Å². The van der Waals surface area contributed by atoms with Crippen LogP contribution in [-0.4, -0.2) is 19.0 Å². The van der Waals surface area contributed by atoms with Crippen LogP contribution in [0.1, 0.15) is 43.9 Å². The number of carbonyl (C=O) groups excluding carboxylic acids is 1. The maximum atomic E-state index is 11.8. The van der Waals surface area contributed by atoms with Crippen molar-refractivity contribution >= 4 is 5.91 Å². The van der Waals surface area contributed by atoms with Gasteiger partial charge in [0.25, 0.3) is 0 Å². The molecule has 0 aliphatic heterocycles. The van der Waals surface area contributed by atoms with Crippen molar-refractivity contribution in [3.63, 3.8) is 0 Å². The minimum Gasteiger partial charge on any atom is -0.348 e. The van der Waals surface area contributed by atoms with E-state index in [1.165, 1.54) is 11.1 Å². The average molecular weight is 248 g/mol. The summed E-state index contributed by atoms with van der Waals surface area (Å²) >= 11 is 0. The molecule has 1 aromatic carbocycles. The smallest absolute Gasteiger partial charge is 0.234 e. The van der Waals surface area contributed by atoms with Crippen LogP contribution in [0.25, 0.3) is 0 Å². The quantitative estimate of drug-likeness (QED) is 0.728. The van der Waals surface area contributed by atoms with Crippen LogP contribution in [0.2, 0.25) is 0 Å². The van der Waals surface area contributed by atoms with E-state index in [4.69, 9.17) is 0 Å². The van der Waals surface area contributed by atoms with Crippen molar-refractivity contribution in [2.45, 2.75) is 39.7 Å². The Balaban J connectivity index is 2.51. The topological polar surface area (TPSA) is 41.1 Å². The average Bonchev–Trinajstić information content (AvgIpc) is 2.37. The molecule has 2 N–H and O–H groups in total. The van der Waals surface area contributed by atoms with Crippen molar-refractivity contribution in [3.05, 3.63) is 35.4 Å². The highest BCUT2D eigenvalue weighted by Gasteiger charge is 2.11. The Labute approximate surface area is 110 Å². The van der Waals surface area contributed by atoms with Crippen LogP contribution in [0, 0.1) is 6.92 Å². The lowest BCUT2D eigenvalue weighted by Gasteiger charge is -2.18. The highest BCUT2D eigenvalue weighted by atomic mass is 16.1. The zero-order chi connectivity index (χ0) is 13.4. The van der Waals surface area contributed by atoms with Crippen LogP contribution in [0.15, 0.2) is 24.3 Å². The summed E-state index contributed by atoms with van der Waals surface area (Å²) in [6.07, 6.45) is 1.95.